The van der Waals surface area contributed by atoms with E-state index >= 15 is 0 Å². The van der Waals surface area contributed by atoms with Gasteiger partial charge in [0.05, 0.1) is 14.9 Å². The molecule has 0 amide bonds. The van der Waals surface area contributed by atoms with E-state index in [0.717, 1.165) is 0 Å². The predicted molar refractivity (Wildman–Crippen MR) is 88.9 cm³/mol. The van der Waals surface area contributed by atoms with Crippen molar-refractivity contribution < 1.29 is 9.85 Å². The van der Waals surface area contributed by atoms with E-state index in [9.17, 15) is 20.2 Å². The molecule has 0 bridgehead atoms. The third kappa shape index (κ3) is 5.82. The fourth-order valence-electron chi connectivity index (χ4n) is 1.16. The average Bonchev–Trinajstić information content (AvgIpc) is 2.43. The Kier molecular flexibility index (Phi) is 6.79. The van der Waals surface area contributed by atoms with E-state index in [-0.39, 0.29) is 11.4 Å². The maximum absolute atomic E-state index is 10.2. The summed E-state index contributed by atoms with van der Waals surface area (Å²) < 4.78 is 0.693. The molecule has 0 spiro atoms. The van der Waals surface area contributed by atoms with Gasteiger partial charge in [0.15, 0.2) is 0 Å². The van der Waals surface area contributed by atoms with Gasteiger partial charge in [-0.05, 0) is 40.8 Å². The largest absolute Gasteiger partial charge is 0.270 e. The lowest BCUT2D eigenvalue weighted by atomic mass is 10.3. The molecular weight excluding hydrogens is 434 g/mol. The zero-order valence-corrected chi connectivity index (χ0v) is 13.9. The zero-order chi connectivity index (χ0) is 16.0. The van der Waals surface area contributed by atoms with E-state index in [1.807, 2.05) is 22.6 Å². The van der Waals surface area contributed by atoms with E-state index in [1.165, 1.54) is 42.5 Å². The second kappa shape index (κ2) is 8.11. The highest BCUT2D eigenvalue weighted by Crippen LogP contribution is 2.22. The Morgan fingerprint density at radius 3 is 1.76 bits per heavy atom. The Bertz CT molecular complexity index is 665. The lowest BCUT2D eigenvalue weighted by Gasteiger charge is -1.93. The molecule has 110 valence electrons. The van der Waals surface area contributed by atoms with Crippen molar-refractivity contribution in [1.29, 1.82) is 0 Å². The molecule has 0 saturated carbocycles. The van der Waals surface area contributed by atoms with E-state index in [2.05, 4.69) is 0 Å². The summed E-state index contributed by atoms with van der Waals surface area (Å²) in [4.78, 5) is 19.4. The third-order valence-electron chi connectivity index (χ3n) is 2.15. The van der Waals surface area contributed by atoms with Crippen LogP contribution in [-0.2, 0) is 0 Å². The average molecular weight is 441 g/mol. The molecule has 6 nitrogen and oxygen atoms in total. The minimum Gasteiger partial charge on any atom is -0.258 e. The van der Waals surface area contributed by atoms with Crippen LogP contribution in [0.4, 0.5) is 11.4 Å². The summed E-state index contributed by atoms with van der Waals surface area (Å²) in [6.45, 7) is 0. The zero-order valence-electron chi connectivity index (χ0n) is 10.2. The molecule has 0 saturated heterocycles. The van der Waals surface area contributed by atoms with Crippen molar-refractivity contribution in [2.75, 3.05) is 0 Å². The van der Waals surface area contributed by atoms with Gasteiger partial charge in [-0.1, -0.05) is 23.2 Å². The van der Waals surface area contributed by atoms with Gasteiger partial charge in [0.2, 0.25) is 0 Å². The molecule has 2 rings (SSSR count). The molecule has 0 atom stereocenters. The van der Waals surface area contributed by atoms with Gasteiger partial charge < -0.3 is 0 Å². The Morgan fingerprint density at radius 1 is 0.857 bits per heavy atom. The molecule has 0 unspecified atom stereocenters. The SMILES string of the molecule is O=[N+]([O-])c1ccc(Cl)c(I)c1.O=[N+]([O-])c1ccc(Cl)cc1. The van der Waals surface area contributed by atoms with Crippen LogP contribution in [0.1, 0.15) is 0 Å². The van der Waals surface area contributed by atoms with Gasteiger partial charge >= 0.3 is 0 Å². The molecule has 0 aliphatic carbocycles. The summed E-state index contributed by atoms with van der Waals surface area (Å²) in [7, 11) is 0. The second-order valence-corrected chi connectivity index (χ2v) is 5.59. The van der Waals surface area contributed by atoms with Crippen LogP contribution in [0.5, 0.6) is 0 Å². The Balaban J connectivity index is 0.000000211. The van der Waals surface area contributed by atoms with E-state index in [1.54, 1.807) is 0 Å². The van der Waals surface area contributed by atoms with Crippen LogP contribution in [0.15, 0.2) is 42.5 Å². The molecule has 0 heterocycles. The van der Waals surface area contributed by atoms with Crippen molar-refractivity contribution in [3.05, 3.63) is 76.3 Å². The second-order valence-electron chi connectivity index (χ2n) is 3.59. The van der Waals surface area contributed by atoms with Crippen molar-refractivity contribution in [1.82, 2.24) is 0 Å². The van der Waals surface area contributed by atoms with Gasteiger partial charge in [0, 0.05) is 32.9 Å². The lowest BCUT2D eigenvalue weighted by molar-refractivity contribution is -0.385. The first-order chi connectivity index (χ1) is 9.81. The maximum Gasteiger partial charge on any atom is 0.270 e. The van der Waals surface area contributed by atoms with Crippen LogP contribution in [-0.4, -0.2) is 9.85 Å². The fraction of sp³-hybridized carbons (Fsp3) is 0. The molecular formula is C12H7Cl2IN2O4. The van der Waals surface area contributed by atoms with E-state index in [4.69, 9.17) is 23.2 Å². The van der Waals surface area contributed by atoms with Crippen molar-refractivity contribution in [2.45, 2.75) is 0 Å². The highest BCUT2D eigenvalue weighted by Gasteiger charge is 2.06. The van der Waals surface area contributed by atoms with Gasteiger partial charge in [-0.2, -0.15) is 0 Å². The topological polar surface area (TPSA) is 86.3 Å². The van der Waals surface area contributed by atoms with Crippen LogP contribution in [0, 0.1) is 23.8 Å². The molecule has 0 aromatic heterocycles. The van der Waals surface area contributed by atoms with Crippen molar-refractivity contribution >= 4 is 57.2 Å². The predicted octanol–water partition coefficient (Wildman–Crippen LogP) is 5.10. The third-order valence-corrected chi connectivity index (χ3v) is 3.94. The quantitative estimate of drug-likeness (QED) is 0.369. The summed E-state index contributed by atoms with van der Waals surface area (Å²) in [6, 6.07) is 10.0. The highest BCUT2D eigenvalue weighted by atomic mass is 127. The van der Waals surface area contributed by atoms with Crippen LogP contribution in [0.3, 0.4) is 0 Å². The number of nitro groups is 2. The van der Waals surface area contributed by atoms with Gasteiger partial charge in [0.1, 0.15) is 0 Å². The van der Waals surface area contributed by atoms with Gasteiger partial charge in [-0.3, -0.25) is 20.2 Å². The summed E-state index contributed by atoms with van der Waals surface area (Å²) in [6.07, 6.45) is 0. The number of halogens is 3. The molecule has 0 fully saturated rings. The molecule has 0 aliphatic heterocycles. The van der Waals surface area contributed by atoms with E-state index < -0.39 is 9.85 Å². The normalized spacial score (nSPS) is 9.48. The molecule has 2 aromatic carbocycles. The van der Waals surface area contributed by atoms with Crippen LogP contribution in [0.25, 0.3) is 0 Å². The van der Waals surface area contributed by atoms with Crippen molar-refractivity contribution in [3.63, 3.8) is 0 Å². The Hall–Kier alpha value is -1.45. The summed E-state index contributed by atoms with van der Waals surface area (Å²) >= 11 is 13.1. The first-order valence-corrected chi connectivity index (χ1v) is 7.14. The summed E-state index contributed by atoms with van der Waals surface area (Å²) in [5, 5.41) is 21.3. The van der Waals surface area contributed by atoms with Gasteiger partial charge in [-0.25, -0.2) is 0 Å². The standard InChI is InChI=1S/C6H3ClINO2.C6H4ClNO2/c7-5-2-1-4(9(10)11)3-6(5)8;7-5-1-3-6(4-2-5)8(9)10/h1-3H;1-4H. The molecule has 21 heavy (non-hydrogen) atoms. The lowest BCUT2D eigenvalue weighted by Crippen LogP contribution is -1.87. The molecule has 2 aromatic rings. The number of rotatable bonds is 2. The Labute approximate surface area is 143 Å². The smallest absolute Gasteiger partial charge is 0.258 e. The monoisotopic (exact) mass is 440 g/mol. The molecule has 0 aliphatic rings. The highest BCUT2D eigenvalue weighted by molar-refractivity contribution is 14.1. The maximum atomic E-state index is 10.2. The number of benzene rings is 2. The minimum absolute atomic E-state index is 0.0596. The number of nitro benzene ring substituents is 2. The number of hydrogen-bond donors (Lipinski definition) is 0. The summed E-state index contributed by atoms with van der Waals surface area (Å²) in [5.41, 5.74) is 0.128. The van der Waals surface area contributed by atoms with E-state index in [0.29, 0.717) is 13.6 Å². The van der Waals surface area contributed by atoms with Gasteiger partial charge in [0.25, 0.3) is 11.4 Å². The minimum atomic E-state index is -0.462. The number of hydrogen-bond acceptors (Lipinski definition) is 4. The molecule has 0 N–H and O–H groups in total. The van der Waals surface area contributed by atoms with Crippen LogP contribution in [0.2, 0.25) is 10.0 Å². The molecule has 9 heteroatoms. The van der Waals surface area contributed by atoms with Crippen LogP contribution < -0.4 is 0 Å². The van der Waals surface area contributed by atoms with Gasteiger partial charge in [-0.15, -0.1) is 0 Å². The first-order valence-electron chi connectivity index (χ1n) is 5.30. The van der Waals surface area contributed by atoms with Crippen molar-refractivity contribution in [2.24, 2.45) is 0 Å². The first kappa shape index (κ1) is 17.6. The Morgan fingerprint density at radius 2 is 1.33 bits per heavy atom. The number of non-ortho nitro benzene ring substituents is 2. The number of nitrogens with zero attached hydrogens (tertiary/aromatic N) is 2. The van der Waals surface area contributed by atoms with Crippen molar-refractivity contribution in [3.8, 4) is 0 Å². The fourth-order valence-corrected chi connectivity index (χ4v) is 1.90. The van der Waals surface area contributed by atoms with Crippen LogP contribution >= 0.6 is 45.8 Å². The molecule has 0 radical (unpaired) electrons. The summed E-state index contributed by atoms with van der Waals surface area (Å²) in [5.74, 6) is 0.